The van der Waals surface area contributed by atoms with E-state index in [0.29, 0.717) is 29.9 Å². The molecule has 13 heteroatoms. The second-order valence-corrected chi connectivity index (χ2v) is 11.9. The van der Waals surface area contributed by atoms with Crippen molar-refractivity contribution in [3.8, 4) is 17.3 Å². The van der Waals surface area contributed by atoms with Crippen LogP contribution in [-0.2, 0) is 10.7 Å². The summed E-state index contributed by atoms with van der Waals surface area (Å²) in [6.07, 6.45) is -2.00. The van der Waals surface area contributed by atoms with Crippen molar-refractivity contribution in [3.63, 3.8) is 0 Å². The number of aromatic amines is 1. The van der Waals surface area contributed by atoms with Gasteiger partial charge in [0.05, 0.1) is 34.2 Å². The van der Waals surface area contributed by atoms with Gasteiger partial charge in [-0.05, 0) is 38.7 Å². The van der Waals surface area contributed by atoms with Gasteiger partial charge in [0.2, 0.25) is 5.95 Å². The molecule has 1 amide bonds. The number of aromatic nitrogens is 3. The molecule has 3 aromatic rings. The van der Waals surface area contributed by atoms with Gasteiger partial charge in [0.15, 0.2) is 0 Å². The Morgan fingerprint density at radius 2 is 2.00 bits per heavy atom. The van der Waals surface area contributed by atoms with Crippen LogP contribution in [0, 0.1) is 11.3 Å². The summed E-state index contributed by atoms with van der Waals surface area (Å²) in [5.74, 6) is -0.0723. The molecule has 1 saturated carbocycles. The maximum atomic E-state index is 13.9. The highest BCUT2D eigenvalue weighted by molar-refractivity contribution is 7.70. The molecule has 1 fully saturated rings. The fourth-order valence-electron chi connectivity index (χ4n) is 4.52. The normalized spacial score (nSPS) is 18.4. The van der Waals surface area contributed by atoms with Crippen LogP contribution in [0.3, 0.4) is 0 Å². The van der Waals surface area contributed by atoms with Crippen LogP contribution in [-0.4, -0.2) is 51.6 Å². The maximum Gasteiger partial charge on any atom is 0.419 e. The molecule has 2 atom stereocenters. The SMILES string of the molecule is CP(C)(=O)c1c(C#N)ccc2c(-c3nc(N[C@H]4CCC[C@@H]4NC(=O)O)ncc3C(F)(F)F)c[nH]c12. The monoisotopic (exact) mass is 506 g/mol. The molecule has 1 aliphatic rings. The van der Waals surface area contributed by atoms with Gasteiger partial charge in [-0.2, -0.15) is 18.4 Å². The van der Waals surface area contributed by atoms with E-state index in [0.717, 1.165) is 6.42 Å². The van der Waals surface area contributed by atoms with Crippen LogP contribution in [0.2, 0.25) is 0 Å². The van der Waals surface area contributed by atoms with Crippen molar-refractivity contribution in [2.45, 2.75) is 37.5 Å². The van der Waals surface area contributed by atoms with Crippen LogP contribution >= 0.6 is 7.14 Å². The second-order valence-electron chi connectivity index (χ2n) is 8.74. The van der Waals surface area contributed by atoms with E-state index in [-0.39, 0.29) is 34.1 Å². The molecule has 0 unspecified atom stereocenters. The minimum Gasteiger partial charge on any atom is -0.465 e. The van der Waals surface area contributed by atoms with Crippen molar-refractivity contribution in [3.05, 3.63) is 35.7 Å². The number of anilines is 1. The highest BCUT2D eigenvalue weighted by Crippen LogP contribution is 2.43. The lowest BCUT2D eigenvalue weighted by Crippen LogP contribution is -2.43. The molecule has 2 aromatic heterocycles. The molecule has 4 N–H and O–H groups in total. The number of nitrogens with zero attached hydrogens (tertiary/aromatic N) is 3. The summed E-state index contributed by atoms with van der Waals surface area (Å²) in [7, 11) is -2.96. The third kappa shape index (κ3) is 4.82. The molecular formula is C22H22F3N6O3P. The summed E-state index contributed by atoms with van der Waals surface area (Å²) in [5, 5.41) is 24.5. The van der Waals surface area contributed by atoms with E-state index in [2.05, 4.69) is 25.6 Å². The van der Waals surface area contributed by atoms with E-state index in [1.54, 1.807) is 0 Å². The first-order chi connectivity index (χ1) is 16.4. The van der Waals surface area contributed by atoms with E-state index in [1.807, 2.05) is 6.07 Å². The predicted molar refractivity (Wildman–Crippen MR) is 124 cm³/mol. The summed E-state index contributed by atoms with van der Waals surface area (Å²) in [6.45, 7) is 2.97. The molecule has 0 radical (unpaired) electrons. The molecule has 0 saturated heterocycles. The molecule has 1 aromatic carbocycles. The van der Waals surface area contributed by atoms with Crippen molar-refractivity contribution >= 4 is 35.4 Å². The van der Waals surface area contributed by atoms with Gasteiger partial charge in [-0.15, -0.1) is 0 Å². The molecule has 0 aliphatic heterocycles. The largest absolute Gasteiger partial charge is 0.465 e. The minimum absolute atomic E-state index is 0.0723. The number of nitrogens with one attached hydrogen (secondary N) is 3. The molecule has 9 nitrogen and oxygen atoms in total. The number of H-pyrrole nitrogens is 1. The smallest absolute Gasteiger partial charge is 0.419 e. The van der Waals surface area contributed by atoms with Gasteiger partial charge in [0, 0.05) is 29.4 Å². The maximum absolute atomic E-state index is 13.9. The molecule has 0 spiro atoms. The number of halogens is 3. The molecule has 35 heavy (non-hydrogen) atoms. The van der Waals surface area contributed by atoms with Gasteiger partial charge in [0.1, 0.15) is 12.7 Å². The summed E-state index contributed by atoms with van der Waals surface area (Å²) in [6, 6.07) is 4.12. The van der Waals surface area contributed by atoms with Crippen LogP contribution in [0.25, 0.3) is 22.2 Å². The van der Waals surface area contributed by atoms with Gasteiger partial charge in [-0.3, -0.25) is 0 Å². The van der Waals surface area contributed by atoms with Gasteiger partial charge in [-0.1, -0.05) is 6.07 Å². The number of alkyl halides is 3. The summed E-state index contributed by atoms with van der Waals surface area (Å²) in [4.78, 5) is 22.0. The van der Waals surface area contributed by atoms with Crippen LogP contribution < -0.4 is 15.9 Å². The highest BCUT2D eigenvalue weighted by Gasteiger charge is 2.37. The average molecular weight is 506 g/mol. The number of fused-ring (bicyclic) bond motifs is 1. The number of carboxylic acid groups (broad SMARTS) is 1. The predicted octanol–water partition coefficient (Wildman–Crippen LogP) is 4.36. The number of nitriles is 1. The zero-order valence-electron chi connectivity index (χ0n) is 18.8. The lowest BCUT2D eigenvalue weighted by Gasteiger charge is -2.21. The minimum atomic E-state index is -4.75. The quantitative estimate of drug-likeness (QED) is 0.376. The number of carbonyl (C=O) groups is 1. The van der Waals surface area contributed by atoms with Crippen LogP contribution in [0.5, 0.6) is 0 Å². The Morgan fingerprint density at radius 1 is 1.29 bits per heavy atom. The Bertz CT molecular complexity index is 1390. The Labute approximate surface area is 198 Å². The summed E-state index contributed by atoms with van der Waals surface area (Å²) < 4.78 is 54.6. The number of hydrogen-bond donors (Lipinski definition) is 4. The molecule has 4 rings (SSSR count). The van der Waals surface area contributed by atoms with Gasteiger partial charge in [0.25, 0.3) is 0 Å². The Morgan fingerprint density at radius 3 is 2.63 bits per heavy atom. The van der Waals surface area contributed by atoms with Crippen molar-refractivity contribution in [1.29, 1.82) is 5.26 Å². The van der Waals surface area contributed by atoms with Gasteiger partial charge < -0.3 is 25.3 Å². The summed E-state index contributed by atoms with van der Waals surface area (Å²) >= 11 is 0. The fraction of sp³-hybridized carbons (Fsp3) is 0.364. The zero-order valence-corrected chi connectivity index (χ0v) is 19.7. The van der Waals surface area contributed by atoms with Crippen LogP contribution in [0.15, 0.2) is 24.5 Å². The van der Waals surface area contributed by atoms with Crippen molar-refractivity contribution < 1.29 is 27.6 Å². The number of rotatable bonds is 5. The van der Waals surface area contributed by atoms with E-state index in [1.165, 1.54) is 31.7 Å². The molecule has 0 bridgehead atoms. The standard InChI is InChI=1S/C22H22F3N6O3P/c1-35(2,34)19-11(8-26)6-7-12-13(9-27-18(12)19)17-14(22(23,24)25)10-28-20(31-17)29-15-4-3-5-16(15)30-21(32)33/h6-7,9-10,15-16,27,30H,3-5H2,1-2H3,(H,32,33)(H,28,29,31)/t15-,16-/m0/s1. The van der Waals surface area contributed by atoms with E-state index < -0.39 is 31.0 Å². The number of hydrogen-bond acceptors (Lipinski definition) is 6. The first-order valence-electron chi connectivity index (χ1n) is 10.7. The Kier molecular flexibility index (Phi) is 6.23. The second kappa shape index (κ2) is 8.89. The first kappa shape index (κ1) is 24.5. The Hall–Kier alpha value is -3.58. The zero-order chi connectivity index (χ0) is 25.5. The fourth-order valence-corrected chi connectivity index (χ4v) is 5.95. The van der Waals surface area contributed by atoms with Crippen molar-refractivity contribution in [1.82, 2.24) is 20.3 Å². The third-order valence-corrected chi connectivity index (χ3v) is 7.52. The third-order valence-electron chi connectivity index (χ3n) is 5.98. The molecular weight excluding hydrogens is 484 g/mol. The molecule has 184 valence electrons. The average Bonchev–Trinajstić information content (AvgIpc) is 3.37. The van der Waals surface area contributed by atoms with Crippen molar-refractivity contribution in [2.24, 2.45) is 0 Å². The van der Waals surface area contributed by atoms with E-state index >= 15 is 0 Å². The number of benzene rings is 1. The lowest BCUT2D eigenvalue weighted by atomic mass is 10.0. The topological polar surface area (TPSA) is 144 Å². The van der Waals surface area contributed by atoms with Gasteiger partial charge in [-0.25, -0.2) is 14.8 Å². The van der Waals surface area contributed by atoms with E-state index in [4.69, 9.17) is 5.11 Å². The molecule has 2 heterocycles. The van der Waals surface area contributed by atoms with E-state index in [9.17, 15) is 27.8 Å². The van der Waals surface area contributed by atoms with Crippen LogP contribution in [0.4, 0.5) is 23.9 Å². The highest BCUT2D eigenvalue weighted by atomic mass is 31.2. The van der Waals surface area contributed by atoms with Crippen LogP contribution in [0.1, 0.15) is 30.4 Å². The Balaban J connectivity index is 1.84. The van der Waals surface area contributed by atoms with Crippen molar-refractivity contribution in [2.75, 3.05) is 18.6 Å². The lowest BCUT2D eigenvalue weighted by molar-refractivity contribution is -0.137. The van der Waals surface area contributed by atoms with Gasteiger partial charge >= 0.3 is 12.3 Å². The molecule has 1 aliphatic carbocycles. The summed E-state index contributed by atoms with van der Waals surface area (Å²) in [5.41, 5.74) is -0.838. The first-order valence-corrected chi connectivity index (χ1v) is 13.3. The number of amides is 1.